The molecule has 3 aromatic rings. The first kappa shape index (κ1) is 16.0. The van der Waals surface area contributed by atoms with Gasteiger partial charge in [0, 0.05) is 12.7 Å². The number of rotatable bonds is 5. The number of carbonyl (C=O) groups excluding carboxylic acids is 1. The molecule has 1 atom stereocenters. The molecular formula is C18H18N2O4. The predicted molar refractivity (Wildman–Crippen MR) is 90.0 cm³/mol. The Balaban J connectivity index is 1.91. The second-order valence-electron chi connectivity index (χ2n) is 5.81. The van der Waals surface area contributed by atoms with Gasteiger partial charge in [-0.1, -0.05) is 30.3 Å². The number of benzene rings is 2. The average Bonchev–Trinajstić information content (AvgIpc) is 2.95. The van der Waals surface area contributed by atoms with Crippen LogP contribution in [0.3, 0.4) is 0 Å². The van der Waals surface area contributed by atoms with Crippen molar-refractivity contribution >= 4 is 17.0 Å². The van der Waals surface area contributed by atoms with Crippen LogP contribution >= 0.6 is 0 Å². The van der Waals surface area contributed by atoms with E-state index in [9.17, 15) is 9.59 Å². The molecule has 0 spiro atoms. The highest BCUT2D eigenvalue weighted by Crippen LogP contribution is 2.22. The SMILES string of the molecule is COCC(C)(NC(=O)c1ccc2oc(=O)[nH]c2c1)c1ccccc1. The van der Waals surface area contributed by atoms with Crippen LogP contribution in [-0.2, 0) is 10.3 Å². The minimum atomic E-state index is -0.675. The lowest BCUT2D eigenvalue weighted by atomic mass is 9.92. The van der Waals surface area contributed by atoms with Crippen LogP contribution in [0.2, 0.25) is 0 Å². The van der Waals surface area contributed by atoms with E-state index in [0.717, 1.165) is 5.56 Å². The summed E-state index contributed by atoms with van der Waals surface area (Å²) in [4.78, 5) is 26.4. The van der Waals surface area contributed by atoms with E-state index in [1.165, 1.54) is 0 Å². The molecule has 124 valence electrons. The zero-order valence-corrected chi connectivity index (χ0v) is 13.5. The van der Waals surface area contributed by atoms with Crippen molar-refractivity contribution in [2.45, 2.75) is 12.5 Å². The lowest BCUT2D eigenvalue weighted by molar-refractivity contribution is 0.0786. The fourth-order valence-corrected chi connectivity index (χ4v) is 2.70. The van der Waals surface area contributed by atoms with Crippen molar-refractivity contribution in [1.82, 2.24) is 10.3 Å². The van der Waals surface area contributed by atoms with Crippen molar-refractivity contribution in [3.63, 3.8) is 0 Å². The maximum atomic E-state index is 12.7. The van der Waals surface area contributed by atoms with E-state index in [2.05, 4.69) is 10.3 Å². The van der Waals surface area contributed by atoms with Gasteiger partial charge in [0.15, 0.2) is 5.58 Å². The topological polar surface area (TPSA) is 84.3 Å². The molecule has 0 aliphatic heterocycles. The number of fused-ring (bicyclic) bond motifs is 1. The molecule has 6 heteroatoms. The highest BCUT2D eigenvalue weighted by Gasteiger charge is 2.29. The number of amides is 1. The van der Waals surface area contributed by atoms with Crippen LogP contribution in [0.1, 0.15) is 22.8 Å². The van der Waals surface area contributed by atoms with Crippen LogP contribution in [0.4, 0.5) is 0 Å². The quantitative estimate of drug-likeness (QED) is 0.754. The number of aromatic nitrogens is 1. The Labute approximate surface area is 138 Å². The molecule has 1 heterocycles. The molecule has 2 N–H and O–H groups in total. The first-order valence-corrected chi connectivity index (χ1v) is 7.52. The van der Waals surface area contributed by atoms with E-state index >= 15 is 0 Å². The van der Waals surface area contributed by atoms with E-state index in [0.29, 0.717) is 23.3 Å². The third-order valence-electron chi connectivity index (χ3n) is 3.91. The maximum Gasteiger partial charge on any atom is 0.417 e. The third-order valence-corrected chi connectivity index (χ3v) is 3.91. The standard InChI is InChI=1S/C18H18N2O4/c1-18(11-23-2,13-6-4-3-5-7-13)20-16(21)12-8-9-15-14(10-12)19-17(22)24-15/h3-10H,11H2,1-2H3,(H,19,22)(H,20,21). The summed E-state index contributed by atoms with van der Waals surface area (Å²) < 4.78 is 10.2. The van der Waals surface area contributed by atoms with Crippen LogP contribution in [-0.4, -0.2) is 24.6 Å². The Kier molecular flexibility index (Phi) is 4.22. The molecule has 3 rings (SSSR count). The molecule has 0 saturated heterocycles. The van der Waals surface area contributed by atoms with Crippen molar-refractivity contribution in [1.29, 1.82) is 0 Å². The molecule has 0 radical (unpaired) electrons. The van der Waals surface area contributed by atoms with Crippen LogP contribution in [0.5, 0.6) is 0 Å². The van der Waals surface area contributed by atoms with E-state index < -0.39 is 11.3 Å². The second-order valence-corrected chi connectivity index (χ2v) is 5.81. The fourth-order valence-electron chi connectivity index (χ4n) is 2.70. The van der Waals surface area contributed by atoms with E-state index in [1.54, 1.807) is 25.3 Å². The molecule has 0 saturated carbocycles. The van der Waals surface area contributed by atoms with Crippen molar-refractivity contribution in [3.8, 4) is 0 Å². The van der Waals surface area contributed by atoms with Gasteiger partial charge in [-0.2, -0.15) is 0 Å². The van der Waals surface area contributed by atoms with Gasteiger partial charge in [0.1, 0.15) is 0 Å². The number of nitrogens with one attached hydrogen (secondary N) is 2. The largest absolute Gasteiger partial charge is 0.417 e. The monoisotopic (exact) mass is 326 g/mol. The van der Waals surface area contributed by atoms with E-state index in [1.807, 2.05) is 37.3 Å². The number of hydrogen-bond donors (Lipinski definition) is 2. The smallest absolute Gasteiger partial charge is 0.408 e. The van der Waals surface area contributed by atoms with Gasteiger partial charge >= 0.3 is 5.76 Å². The number of H-pyrrole nitrogens is 1. The number of aromatic amines is 1. The Morgan fingerprint density at radius 3 is 2.71 bits per heavy atom. The summed E-state index contributed by atoms with van der Waals surface area (Å²) in [6.45, 7) is 2.23. The van der Waals surface area contributed by atoms with Crippen LogP contribution in [0, 0.1) is 0 Å². The zero-order chi connectivity index (χ0) is 17.2. The molecule has 1 amide bonds. The van der Waals surface area contributed by atoms with Crippen molar-refractivity contribution < 1.29 is 13.9 Å². The van der Waals surface area contributed by atoms with Gasteiger partial charge in [-0.3, -0.25) is 9.78 Å². The van der Waals surface area contributed by atoms with E-state index in [-0.39, 0.29) is 5.91 Å². The molecular weight excluding hydrogens is 308 g/mol. The van der Waals surface area contributed by atoms with Gasteiger partial charge < -0.3 is 14.5 Å². The Morgan fingerprint density at radius 2 is 2.00 bits per heavy atom. The summed E-state index contributed by atoms with van der Waals surface area (Å²) >= 11 is 0. The normalized spacial score (nSPS) is 13.6. The molecule has 0 bridgehead atoms. The van der Waals surface area contributed by atoms with Gasteiger partial charge in [-0.15, -0.1) is 0 Å². The van der Waals surface area contributed by atoms with Crippen LogP contribution < -0.4 is 11.1 Å². The highest BCUT2D eigenvalue weighted by atomic mass is 16.5. The van der Waals surface area contributed by atoms with Gasteiger partial charge in [0.2, 0.25) is 0 Å². The van der Waals surface area contributed by atoms with Gasteiger partial charge in [-0.25, -0.2) is 4.79 Å². The molecule has 0 fully saturated rings. The average molecular weight is 326 g/mol. The summed E-state index contributed by atoms with van der Waals surface area (Å²) in [6, 6.07) is 14.4. The van der Waals surface area contributed by atoms with Crippen molar-refractivity contribution in [2.24, 2.45) is 0 Å². The lowest BCUT2D eigenvalue weighted by Crippen LogP contribution is -2.46. The van der Waals surface area contributed by atoms with Crippen molar-refractivity contribution in [3.05, 3.63) is 70.2 Å². The Hall–Kier alpha value is -2.86. The molecule has 2 aromatic carbocycles. The number of oxazole rings is 1. The maximum absolute atomic E-state index is 12.7. The fraction of sp³-hybridized carbons (Fsp3) is 0.222. The van der Waals surface area contributed by atoms with Crippen LogP contribution in [0.25, 0.3) is 11.1 Å². The van der Waals surface area contributed by atoms with E-state index in [4.69, 9.17) is 9.15 Å². The Bertz CT molecular complexity index is 913. The van der Waals surface area contributed by atoms with Gasteiger partial charge in [-0.05, 0) is 30.7 Å². The molecule has 1 aromatic heterocycles. The minimum absolute atomic E-state index is 0.262. The Morgan fingerprint density at radius 1 is 1.25 bits per heavy atom. The highest BCUT2D eigenvalue weighted by molar-refractivity contribution is 5.97. The molecule has 0 aliphatic rings. The van der Waals surface area contributed by atoms with Crippen molar-refractivity contribution in [2.75, 3.05) is 13.7 Å². The molecule has 0 aliphatic carbocycles. The summed E-state index contributed by atoms with van der Waals surface area (Å²) in [5.41, 5.74) is 1.60. The van der Waals surface area contributed by atoms with Gasteiger partial charge in [0.25, 0.3) is 5.91 Å². The number of ether oxygens (including phenoxy) is 1. The molecule has 6 nitrogen and oxygen atoms in total. The lowest BCUT2D eigenvalue weighted by Gasteiger charge is -2.30. The first-order valence-electron chi connectivity index (χ1n) is 7.52. The zero-order valence-electron chi connectivity index (χ0n) is 13.5. The second kappa shape index (κ2) is 6.33. The summed E-state index contributed by atoms with van der Waals surface area (Å²) in [5.74, 6) is -0.807. The number of hydrogen-bond acceptors (Lipinski definition) is 4. The summed E-state index contributed by atoms with van der Waals surface area (Å²) in [6.07, 6.45) is 0. The predicted octanol–water partition coefficient (Wildman–Crippen LogP) is 2.41. The number of methoxy groups -OCH3 is 1. The van der Waals surface area contributed by atoms with Crippen LogP contribution in [0.15, 0.2) is 57.7 Å². The first-order chi connectivity index (χ1) is 11.5. The third kappa shape index (κ3) is 3.09. The molecule has 1 unspecified atom stereocenters. The minimum Gasteiger partial charge on any atom is -0.408 e. The molecule has 24 heavy (non-hydrogen) atoms. The summed E-state index contributed by atoms with van der Waals surface area (Å²) in [7, 11) is 1.59. The van der Waals surface area contributed by atoms with Gasteiger partial charge in [0.05, 0.1) is 17.7 Å². The summed E-state index contributed by atoms with van der Waals surface area (Å²) in [5, 5.41) is 3.01. The number of carbonyl (C=O) groups is 1.